The van der Waals surface area contributed by atoms with Crippen LogP contribution in [0.4, 0.5) is 0 Å². The molecule has 4 nitrogen and oxygen atoms in total. The molecule has 0 spiro atoms. The fourth-order valence-corrected chi connectivity index (χ4v) is 2.74. The number of halogens is 1. The number of likely N-dealkylation sites (N-methyl/N-ethyl adjacent to an activating group) is 1. The summed E-state index contributed by atoms with van der Waals surface area (Å²) in [6.45, 7) is 5.42. The van der Waals surface area contributed by atoms with Gasteiger partial charge in [0.15, 0.2) is 0 Å². The summed E-state index contributed by atoms with van der Waals surface area (Å²) in [5.41, 5.74) is 7.51. The molecule has 0 radical (unpaired) electrons. The van der Waals surface area contributed by atoms with Gasteiger partial charge in [0.2, 0.25) is 5.91 Å². The molecular formula is C16H26BrN3O. The first-order valence-electron chi connectivity index (χ1n) is 7.49. The number of benzene rings is 1. The molecule has 1 amide bonds. The molecule has 0 heterocycles. The number of rotatable bonds is 8. The second-order valence-electron chi connectivity index (χ2n) is 5.21. The maximum absolute atomic E-state index is 11.8. The van der Waals surface area contributed by atoms with Gasteiger partial charge in [-0.2, -0.15) is 0 Å². The van der Waals surface area contributed by atoms with Crippen molar-refractivity contribution in [3.8, 4) is 0 Å². The molecule has 0 aromatic heterocycles. The highest BCUT2D eigenvalue weighted by Gasteiger charge is 2.26. The summed E-state index contributed by atoms with van der Waals surface area (Å²) in [6.07, 6.45) is 1.86. The highest BCUT2D eigenvalue weighted by Crippen LogP contribution is 2.26. The lowest BCUT2D eigenvalue weighted by Gasteiger charge is -2.35. The zero-order chi connectivity index (χ0) is 15.8. The van der Waals surface area contributed by atoms with Crippen molar-refractivity contribution in [3.05, 3.63) is 34.3 Å². The molecule has 3 N–H and O–H groups in total. The van der Waals surface area contributed by atoms with Crippen molar-refractivity contribution in [1.29, 1.82) is 0 Å². The molecule has 0 bridgehead atoms. The standard InChI is InChI=1S/C16H26BrN3O/c1-4-10-20(11-15(21)19-3)16(14(18)5-2)12-6-8-13(17)9-7-12/h6-9,14,16H,4-5,10-11,18H2,1-3H3,(H,19,21). The number of amides is 1. The minimum Gasteiger partial charge on any atom is -0.358 e. The molecule has 0 aliphatic heterocycles. The number of nitrogens with two attached hydrogens (primary N) is 1. The molecule has 0 aliphatic carbocycles. The molecule has 0 fully saturated rings. The molecule has 5 heteroatoms. The molecule has 0 saturated carbocycles. The Kier molecular flexibility index (Phi) is 7.93. The average molecular weight is 356 g/mol. The Morgan fingerprint density at radius 2 is 1.95 bits per heavy atom. The number of nitrogens with zero attached hydrogens (tertiary/aromatic N) is 1. The van der Waals surface area contributed by atoms with E-state index in [9.17, 15) is 4.79 Å². The largest absolute Gasteiger partial charge is 0.358 e. The third-order valence-electron chi connectivity index (χ3n) is 3.62. The second-order valence-corrected chi connectivity index (χ2v) is 6.13. The summed E-state index contributed by atoms with van der Waals surface area (Å²) in [5, 5.41) is 2.70. The van der Waals surface area contributed by atoms with E-state index in [4.69, 9.17) is 5.73 Å². The lowest BCUT2D eigenvalue weighted by atomic mass is 9.96. The second kappa shape index (κ2) is 9.18. The van der Waals surface area contributed by atoms with Crippen LogP contribution in [-0.2, 0) is 4.79 Å². The number of carbonyl (C=O) groups is 1. The highest BCUT2D eigenvalue weighted by molar-refractivity contribution is 9.10. The van der Waals surface area contributed by atoms with Gasteiger partial charge in [-0.05, 0) is 37.1 Å². The first-order chi connectivity index (χ1) is 10.0. The summed E-state index contributed by atoms with van der Waals surface area (Å²) in [5.74, 6) is 0.0221. The van der Waals surface area contributed by atoms with Crippen molar-refractivity contribution in [2.24, 2.45) is 5.73 Å². The molecular weight excluding hydrogens is 330 g/mol. The van der Waals surface area contributed by atoms with Crippen molar-refractivity contribution in [1.82, 2.24) is 10.2 Å². The summed E-state index contributed by atoms with van der Waals surface area (Å²) in [7, 11) is 1.67. The number of nitrogens with one attached hydrogen (secondary N) is 1. The van der Waals surface area contributed by atoms with Gasteiger partial charge in [0, 0.05) is 17.6 Å². The fourth-order valence-electron chi connectivity index (χ4n) is 2.48. The first-order valence-corrected chi connectivity index (χ1v) is 8.28. The summed E-state index contributed by atoms with van der Waals surface area (Å²) < 4.78 is 1.04. The van der Waals surface area contributed by atoms with Gasteiger partial charge in [-0.25, -0.2) is 0 Å². The predicted molar refractivity (Wildman–Crippen MR) is 91.1 cm³/mol. The van der Waals surface area contributed by atoms with Crippen LogP contribution >= 0.6 is 15.9 Å². The van der Waals surface area contributed by atoms with Crippen LogP contribution in [0.1, 0.15) is 38.3 Å². The van der Waals surface area contributed by atoms with E-state index in [0.29, 0.717) is 6.54 Å². The Labute approximate surface area is 136 Å². The van der Waals surface area contributed by atoms with Crippen molar-refractivity contribution in [2.45, 2.75) is 38.8 Å². The van der Waals surface area contributed by atoms with Gasteiger partial charge in [0.05, 0.1) is 12.6 Å². The maximum Gasteiger partial charge on any atom is 0.233 e. The highest BCUT2D eigenvalue weighted by atomic mass is 79.9. The van der Waals surface area contributed by atoms with Gasteiger partial charge in [-0.15, -0.1) is 0 Å². The van der Waals surface area contributed by atoms with Crippen molar-refractivity contribution in [2.75, 3.05) is 20.1 Å². The Bertz CT molecular complexity index is 436. The zero-order valence-electron chi connectivity index (χ0n) is 13.1. The van der Waals surface area contributed by atoms with Gasteiger partial charge < -0.3 is 11.1 Å². The SMILES string of the molecule is CCCN(CC(=O)NC)C(c1ccc(Br)cc1)C(N)CC. The number of hydrogen-bond donors (Lipinski definition) is 2. The lowest BCUT2D eigenvalue weighted by molar-refractivity contribution is -0.122. The Morgan fingerprint density at radius 1 is 1.33 bits per heavy atom. The normalized spacial score (nSPS) is 14.0. The van der Waals surface area contributed by atoms with E-state index >= 15 is 0 Å². The first kappa shape index (κ1) is 18.1. The molecule has 1 aromatic carbocycles. The molecule has 0 saturated heterocycles. The van der Waals surface area contributed by atoms with Crippen LogP contribution < -0.4 is 11.1 Å². The Morgan fingerprint density at radius 3 is 2.43 bits per heavy atom. The smallest absolute Gasteiger partial charge is 0.233 e. The molecule has 1 rings (SSSR count). The van der Waals surface area contributed by atoms with Gasteiger partial charge in [0.25, 0.3) is 0 Å². The quantitative estimate of drug-likeness (QED) is 0.753. The monoisotopic (exact) mass is 355 g/mol. The molecule has 2 atom stereocenters. The van der Waals surface area contributed by atoms with Crippen molar-refractivity contribution < 1.29 is 4.79 Å². The van der Waals surface area contributed by atoms with Crippen LogP contribution in [0, 0.1) is 0 Å². The summed E-state index contributed by atoms with van der Waals surface area (Å²) in [4.78, 5) is 14.0. The fraction of sp³-hybridized carbons (Fsp3) is 0.562. The van der Waals surface area contributed by atoms with Crippen LogP contribution in [-0.4, -0.2) is 37.0 Å². The van der Waals surface area contributed by atoms with Gasteiger partial charge in [-0.3, -0.25) is 9.69 Å². The minimum absolute atomic E-state index is 0.00221. The molecule has 2 unspecified atom stereocenters. The third-order valence-corrected chi connectivity index (χ3v) is 4.15. The molecule has 118 valence electrons. The number of hydrogen-bond acceptors (Lipinski definition) is 3. The van der Waals surface area contributed by atoms with E-state index in [2.05, 4.69) is 52.1 Å². The van der Waals surface area contributed by atoms with E-state index in [-0.39, 0.29) is 18.0 Å². The van der Waals surface area contributed by atoms with E-state index < -0.39 is 0 Å². The third kappa shape index (κ3) is 5.41. The average Bonchev–Trinajstić information content (AvgIpc) is 2.49. The van der Waals surface area contributed by atoms with Crippen LogP contribution in [0.25, 0.3) is 0 Å². The Hall–Kier alpha value is -0.910. The molecule has 1 aromatic rings. The molecule has 0 aliphatic rings. The maximum atomic E-state index is 11.8. The number of carbonyl (C=O) groups excluding carboxylic acids is 1. The Balaban J connectivity index is 3.07. The van der Waals surface area contributed by atoms with Crippen molar-refractivity contribution in [3.63, 3.8) is 0 Å². The van der Waals surface area contributed by atoms with E-state index in [1.54, 1.807) is 7.05 Å². The van der Waals surface area contributed by atoms with Gasteiger partial charge in [-0.1, -0.05) is 41.9 Å². The predicted octanol–water partition coefficient (Wildman–Crippen LogP) is 2.69. The van der Waals surface area contributed by atoms with E-state index in [1.807, 2.05) is 12.1 Å². The minimum atomic E-state index is 0.00221. The van der Waals surface area contributed by atoms with Gasteiger partial charge >= 0.3 is 0 Å². The zero-order valence-corrected chi connectivity index (χ0v) is 14.7. The van der Waals surface area contributed by atoms with Crippen LogP contribution in [0.5, 0.6) is 0 Å². The summed E-state index contributed by atoms with van der Waals surface area (Å²) in [6, 6.07) is 8.26. The van der Waals surface area contributed by atoms with Crippen LogP contribution in [0.15, 0.2) is 28.7 Å². The van der Waals surface area contributed by atoms with Gasteiger partial charge in [0.1, 0.15) is 0 Å². The van der Waals surface area contributed by atoms with E-state index in [0.717, 1.165) is 29.4 Å². The topological polar surface area (TPSA) is 58.4 Å². The van der Waals surface area contributed by atoms with Crippen molar-refractivity contribution >= 4 is 21.8 Å². The molecule has 21 heavy (non-hydrogen) atoms. The van der Waals surface area contributed by atoms with E-state index in [1.165, 1.54) is 0 Å². The summed E-state index contributed by atoms with van der Waals surface area (Å²) >= 11 is 3.46. The lowest BCUT2D eigenvalue weighted by Crippen LogP contribution is -2.45. The van der Waals surface area contributed by atoms with Crippen LogP contribution in [0.3, 0.4) is 0 Å². The van der Waals surface area contributed by atoms with Crippen LogP contribution in [0.2, 0.25) is 0 Å².